The van der Waals surface area contributed by atoms with Crippen LogP contribution in [-0.4, -0.2) is 35.9 Å². The number of carbonyl (C=O) groups is 1. The fraction of sp³-hybridized carbons (Fsp3) is 0.105. The number of H-pyrrole nitrogens is 1. The van der Waals surface area contributed by atoms with Crippen LogP contribution in [0.3, 0.4) is 0 Å². The monoisotopic (exact) mass is 393 g/mol. The Kier molecular flexibility index (Phi) is 4.62. The van der Waals surface area contributed by atoms with Gasteiger partial charge in [-0.2, -0.15) is 10.2 Å². The lowest BCUT2D eigenvalue weighted by Gasteiger charge is -2.08. The van der Waals surface area contributed by atoms with Crippen molar-refractivity contribution in [1.82, 2.24) is 29.9 Å². The lowest BCUT2D eigenvalue weighted by Crippen LogP contribution is -2.13. The summed E-state index contributed by atoms with van der Waals surface area (Å²) in [5.41, 5.74) is 2.39. The molecule has 0 bridgehead atoms. The molecule has 0 saturated heterocycles. The van der Waals surface area contributed by atoms with Crippen LogP contribution in [0.25, 0.3) is 17.2 Å². The molecule has 0 radical (unpaired) electrons. The second-order valence-electron chi connectivity index (χ2n) is 6.14. The summed E-state index contributed by atoms with van der Waals surface area (Å²) >= 11 is 6.35. The predicted molar refractivity (Wildman–Crippen MR) is 106 cm³/mol. The van der Waals surface area contributed by atoms with Crippen molar-refractivity contribution in [2.24, 2.45) is 0 Å². The first kappa shape index (κ1) is 17.9. The molecule has 1 amide bonds. The average molecular weight is 394 g/mol. The van der Waals surface area contributed by atoms with Gasteiger partial charge >= 0.3 is 0 Å². The quantitative estimate of drug-likeness (QED) is 0.551. The van der Waals surface area contributed by atoms with Crippen molar-refractivity contribution in [3.05, 3.63) is 70.9 Å². The Morgan fingerprint density at radius 1 is 1.21 bits per heavy atom. The Hall–Kier alpha value is -3.52. The molecule has 4 rings (SSSR count). The van der Waals surface area contributed by atoms with Gasteiger partial charge in [0, 0.05) is 17.4 Å². The fourth-order valence-corrected chi connectivity index (χ4v) is 3.04. The third kappa shape index (κ3) is 3.37. The number of nitrogens with one attached hydrogen (secondary N) is 2. The molecule has 9 heteroatoms. The molecule has 0 aliphatic rings. The van der Waals surface area contributed by atoms with E-state index >= 15 is 0 Å². The van der Waals surface area contributed by atoms with Crippen molar-refractivity contribution in [2.45, 2.75) is 13.8 Å². The number of halogens is 1. The molecule has 8 nitrogen and oxygen atoms in total. The van der Waals surface area contributed by atoms with Gasteiger partial charge in [-0.25, -0.2) is 14.6 Å². The molecule has 0 atom stereocenters. The number of aryl methyl sites for hydroxylation is 1. The molecule has 1 aromatic carbocycles. The lowest BCUT2D eigenvalue weighted by atomic mass is 10.2. The summed E-state index contributed by atoms with van der Waals surface area (Å²) in [4.78, 5) is 21.2. The van der Waals surface area contributed by atoms with Crippen molar-refractivity contribution >= 4 is 23.2 Å². The van der Waals surface area contributed by atoms with E-state index in [4.69, 9.17) is 11.6 Å². The standard InChI is InChI=1S/C19H16ClN7O/c1-11-15(10-22-27(11)17-5-3-4-8-21-17)19(28)24-13-6-7-14(16(20)9-13)18-23-12(2)25-26-18/h3-10H,1-2H3,(H,24,28)(H,23,25,26). The minimum Gasteiger partial charge on any atom is -0.322 e. The van der Waals surface area contributed by atoms with Crippen LogP contribution in [0.5, 0.6) is 0 Å². The fourth-order valence-electron chi connectivity index (χ4n) is 2.78. The zero-order chi connectivity index (χ0) is 19.7. The maximum absolute atomic E-state index is 12.7. The first-order valence-corrected chi connectivity index (χ1v) is 8.87. The molecule has 4 aromatic rings. The molecular formula is C19H16ClN7O. The van der Waals surface area contributed by atoms with Crippen LogP contribution in [0, 0.1) is 13.8 Å². The number of hydrogen-bond donors (Lipinski definition) is 2. The molecule has 140 valence electrons. The lowest BCUT2D eigenvalue weighted by molar-refractivity contribution is 0.102. The Labute approximate surface area is 165 Å². The summed E-state index contributed by atoms with van der Waals surface area (Å²) in [6.07, 6.45) is 3.20. The van der Waals surface area contributed by atoms with Crippen LogP contribution in [0.1, 0.15) is 21.9 Å². The van der Waals surface area contributed by atoms with Crippen molar-refractivity contribution in [2.75, 3.05) is 5.32 Å². The normalized spacial score (nSPS) is 10.8. The van der Waals surface area contributed by atoms with Crippen LogP contribution < -0.4 is 5.32 Å². The van der Waals surface area contributed by atoms with E-state index in [0.717, 1.165) is 0 Å². The highest BCUT2D eigenvalue weighted by Gasteiger charge is 2.17. The number of aromatic nitrogens is 6. The van der Waals surface area contributed by atoms with Gasteiger partial charge in [0.15, 0.2) is 11.6 Å². The third-order valence-electron chi connectivity index (χ3n) is 4.19. The van der Waals surface area contributed by atoms with Gasteiger partial charge < -0.3 is 5.32 Å². The molecule has 0 aliphatic carbocycles. The van der Waals surface area contributed by atoms with Gasteiger partial charge in [0.25, 0.3) is 5.91 Å². The van der Waals surface area contributed by atoms with Gasteiger partial charge in [-0.3, -0.25) is 9.89 Å². The number of hydrogen-bond acceptors (Lipinski definition) is 5. The molecular weight excluding hydrogens is 378 g/mol. The van der Waals surface area contributed by atoms with E-state index in [1.807, 2.05) is 32.0 Å². The summed E-state index contributed by atoms with van der Waals surface area (Å²) in [7, 11) is 0. The number of benzene rings is 1. The minimum atomic E-state index is -0.280. The summed E-state index contributed by atoms with van der Waals surface area (Å²) < 4.78 is 1.62. The minimum absolute atomic E-state index is 0.280. The molecule has 2 N–H and O–H groups in total. The number of carbonyl (C=O) groups excluding carboxylic acids is 1. The Balaban J connectivity index is 1.56. The number of aromatic amines is 1. The number of rotatable bonds is 4. The second kappa shape index (κ2) is 7.24. The third-order valence-corrected chi connectivity index (χ3v) is 4.50. The summed E-state index contributed by atoms with van der Waals surface area (Å²) in [5.74, 6) is 1.57. The van der Waals surface area contributed by atoms with Crippen molar-refractivity contribution < 1.29 is 4.79 Å². The van der Waals surface area contributed by atoms with Crippen LogP contribution in [-0.2, 0) is 0 Å². The SMILES string of the molecule is Cc1nc(-c2ccc(NC(=O)c3cnn(-c4ccccn4)c3C)cc2Cl)n[nH]1. The van der Waals surface area contributed by atoms with Gasteiger partial charge in [-0.05, 0) is 44.2 Å². The molecule has 0 unspecified atom stereocenters. The van der Waals surface area contributed by atoms with E-state index in [0.29, 0.717) is 45.0 Å². The van der Waals surface area contributed by atoms with Crippen molar-refractivity contribution in [3.63, 3.8) is 0 Å². The van der Waals surface area contributed by atoms with Crippen molar-refractivity contribution in [3.8, 4) is 17.2 Å². The van der Waals surface area contributed by atoms with Gasteiger partial charge in [0.1, 0.15) is 5.82 Å². The molecule has 0 fully saturated rings. The van der Waals surface area contributed by atoms with E-state index in [1.165, 1.54) is 6.20 Å². The molecule has 0 spiro atoms. The maximum atomic E-state index is 12.7. The highest BCUT2D eigenvalue weighted by molar-refractivity contribution is 6.33. The van der Waals surface area contributed by atoms with Gasteiger partial charge in [-0.15, -0.1) is 0 Å². The largest absolute Gasteiger partial charge is 0.322 e. The molecule has 3 aromatic heterocycles. The van der Waals surface area contributed by atoms with Crippen LogP contribution in [0.2, 0.25) is 5.02 Å². The van der Waals surface area contributed by atoms with E-state index in [1.54, 1.807) is 29.1 Å². The zero-order valence-electron chi connectivity index (χ0n) is 15.1. The van der Waals surface area contributed by atoms with E-state index < -0.39 is 0 Å². The Bertz CT molecular complexity index is 1150. The number of anilines is 1. The van der Waals surface area contributed by atoms with E-state index in [2.05, 4.69) is 30.6 Å². The van der Waals surface area contributed by atoms with Crippen molar-refractivity contribution in [1.29, 1.82) is 0 Å². The number of pyridine rings is 1. The van der Waals surface area contributed by atoms with E-state index in [-0.39, 0.29) is 5.91 Å². The molecule has 0 saturated carbocycles. The summed E-state index contributed by atoms with van der Waals surface area (Å²) in [6.45, 7) is 3.63. The first-order valence-electron chi connectivity index (χ1n) is 8.49. The maximum Gasteiger partial charge on any atom is 0.259 e. The topological polar surface area (TPSA) is 101 Å². The van der Waals surface area contributed by atoms with Gasteiger partial charge in [0.05, 0.1) is 22.5 Å². The molecule has 3 heterocycles. The van der Waals surface area contributed by atoms with Crippen LogP contribution >= 0.6 is 11.6 Å². The number of amides is 1. The Morgan fingerprint density at radius 3 is 2.75 bits per heavy atom. The Morgan fingerprint density at radius 2 is 2.07 bits per heavy atom. The van der Waals surface area contributed by atoms with Gasteiger partial charge in [0.2, 0.25) is 0 Å². The average Bonchev–Trinajstić information content (AvgIpc) is 3.28. The molecule has 28 heavy (non-hydrogen) atoms. The van der Waals surface area contributed by atoms with Crippen LogP contribution in [0.4, 0.5) is 5.69 Å². The summed E-state index contributed by atoms with van der Waals surface area (Å²) in [6, 6.07) is 10.7. The van der Waals surface area contributed by atoms with Crippen LogP contribution in [0.15, 0.2) is 48.8 Å². The van der Waals surface area contributed by atoms with E-state index in [9.17, 15) is 4.79 Å². The zero-order valence-corrected chi connectivity index (χ0v) is 15.9. The second-order valence-corrected chi connectivity index (χ2v) is 6.54. The number of nitrogens with zero attached hydrogens (tertiary/aromatic N) is 5. The molecule has 0 aliphatic heterocycles. The highest BCUT2D eigenvalue weighted by Crippen LogP contribution is 2.28. The summed E-state index contributed by atoms with van der Waals surface area (Å²) in [5, 5.41) is 14.4. The predicted octanol–water partition coefficient (Wildman–Crippen LogP) is 3.57. The highest BCUT2D eigenvalue weighted by atomic mass is 35.5. The first-order chi connectivity index (χ1) is 13.5. The van der Waals surface area contributed by atoms with Gasteiger partial charge in [-0.1, -0.05) is 17.7 Å². The smallest absolute Gasteiger partial charge is 0.259 e.